The van der Waals surface area contributed by atoms with Gasteiger partial charge >= 0.3 is 12.2 Å². The van der Waals surface area contributed by atoms with Crippen LogP contribution in [0.2, 0.25) is 0 Å². The number of nitrogens with zero attached hydrogens (tertiary/aromatic N) is 6. The Bertz CT molecular complexity index is 1110. The molecule has 0 unspecified atom stereocenters. The summed E-state index contributed by atoms with van der Waals surface area (Å²) >= 11 is 0. The smallest absolute Gasteiger partial charge is 0.364 e. The fraction of sp³-hybridized carbons (Fsp3) is 0.727. The number of amides is 2. The summed E-state index contributed by atoms with van der Waals surface area (Å²) in [5.74, 6) is 2.95. The van der Waals surface area contributed by atoms with Gasteiger partial charge in [-0.25, -0.2) is 9.78 Å². The van der Waals surface area contributed by atoms with Crippen molar-refractivity contribution in [3.8, 4) is 0 Å². The number of aromatic amines is 1. The van der Waals surface area contributed by atoms with Gasteiger partial charge in [-0.15, -0.1) is 0 Å². The van der Waals surface area contributed by atoms with E-state index in [2.05, 4.69) is 24.9 Å². The molecule has 9 nitrogen and oxygen atoms in total. The number of carbonyl (C=O) groups is 1. The van der Waals surface area contributed by atoms with Gasteiger partial charge in [-0.05, 0) is 25.7 Å². The quantitative estimate of drug-likeness (QED) is 0.728. The van der Waals surface area contributed by atoms with Crippen LogP contribution in [-0.4, -0.2) is 80.3 Å². The molecular weight excluding hydrogens is 451 g/mol. The first kappa shape index (κ1) is 20.7. The summed E-state index contributed by atoms with van der Waals surface area (Å²) in [5, 5.41) is 10.6. The molecule has 1 N–H and O–H groups in total. The highest BCUT2D eigenvalue weighted by molar-refractivity contribution is 5.77. The third-order valence-electron chi connectivity index (χ3n) is 8.28. The summed E-state index contributed by atoms with van der Waals surface area (Å²) in [7, 11) is 0. The van der Waals surface area contributed by atoms with Crippen LogP contribution in [0.25, 0.3) is 0 Å². The van der Waals surface area contributed by atoms with Crippen LogP contribution in [0.5, 0.6) is 0 Å². The van der Waals surface area contributed by atoms with Gasteiger partial charge in [0.05, 0.1) is 0 Å². The second-order valence-corrected chi connectivity index (χ2v) is 11.3. The molecule has 3 saturated heterocycles. The molecule has 12 heteroatoms. The minimum atomic E-state index is -4.51. The second kappa shape index (κ2) is 6.73. The van der Waals surface area contributed by atoms with E-state index in [1.807, 2.05) is 14.7 Å². The fourth-order valence-electron chi connectivity index (χ4n) is 6.49. The number of alkyl halides is 3. The number of urea groups is 1. The Balaban J connectivity index is 0.856. The number of rotatable bonds is 4. The Morgan fingerprint density at radius 1 is 1.06 bits per heavy atom. The van der Waals surface area contributed by atoms with Gasteiger partial charge in [0, 0.05) is 74.0 Å². The summed E-state index contributed by atoms with van der Waals surface area (Å²) in [5.41, 5.74) is -0.644. The Labute approximate surface area is 193 Å². The van der Waals surface area contributed by atoms with Crippen LogP contribution in [0.3, 0.4) is 0 Å². The fourth-order valence-corrected chi connectivity index (χ4v) is 6.49. The lowest BCUT2D eigenvalue weighted by Crippen LogP contribution is -2.75. The van der Waals surface area contributed by atoms with Gasteiger partial charge in [0.2, 0.25) is 0 Å². The minimum absolute atomic E-state index is 0.0141. The highest BCUT2D eigenvalue weighted by atomic mass is 19.4. The molecule has 2 aliphatic carbocycles. The normalized spacial score (nSPS) is 25.7. The molecule has 0 atom stereocenters. The number of hydrogen-bond acceptors (Lipinski definition) is 6. The number of aromatic nitrogens is 4. The van der Waals surface area contributed by atoms with Crippen molar-refractivity contribution in [2.45, 2.75) is 50.2 Å². The Kier molecular flexibility index (Phi) is 4.10. The van der Waals surface area contributed by atoms with Crippen LogP contribution in [0.4, 0.5) is 18.0 Å². The van der Waals surface area contributed by atoms with Crippen LogP contribution in [0.1, 0.15) is 60.4 Å². The van der Waals surface area contributed by atoms with Crippen LogP contribution in [0.15, 0.2) is 10.8 Å². The monoisotopic (exact) mass is 477 g/mol. The zero-order valence-electron chi connectivity index (χ0n) is 18.6. The number of nitrogens with one attached hydrogen (secondary N) is 1. The first-order valence-corrected chi connectivity index (χ1v) is 11.9. The van der Waals surface area contributed by atoms with Crippen molar-refractivity contribution in [1.82, 2.24) is 35.0 Å². The van der Waals surface area contributed by atoms with E-state index in [9.17, 15) is 18.0 Å². The van der Waals surface area contributed by atoms with E-state index in [4.69, 9.17) is 0 Å². The van der Waals surface area contributed by atoms with Crippen LogP contribution < -0.4 is 0 Å². The van der Waals surface area contributed by atoms with Crippen molar-refractivity contribution in [1.29, 1.82) is 0 Å². The number of carbonyl (C=O) groups excluding carboxylic acids is 1. The number of halogens is 3. The highest BCUT2D eigenvalue weighted by Gasteiger charge is 2.58. The maximum Gasteiger partial charge on any atom is 0.437 e. The third-order valence-corrected chi connectivity index (χ3v) is 8.28. The van der Waals surface area contributed by atoms with E-state index in [-0.39, 0.29) is 29.0 Å². The first-order chi connectivity index (χ1) is 16.2. The second-order valence-electron chi connectivity index (χ2n) is 11.3. The summed E-state index contributed by atoms with van der Waals surface area (Å²) in [6, 6.07) is 0.0884. The van der Waals surface area contributed by atoms with E-state index < -0.39 is 11.9 Å². The maximum atomic E-state index is 13.0. The molecule has 182 valence electrons. The van der Waals surface area contributed by atoms with Gasteiger partial charge in [-0.1, -0.05) is 5.16 Å². The summed E-state index contributed by atoms with van der Waals surface area (Å²) in [6.07, 6.45) is 1.06. The average molecular weight is 477 g/mol. The van der Waals surface area contributed by atoms with E-state index in [0.29, 0.717) is 38.0 Å². The summed E-state index contributed by atoms with van der Waals surface area (Å²) in [4.78, 5) is 23.3. The number of likely N-dealkylation sites (tertiary alicyclic amines) is 3. The number of H-pyrrole nitrogens is 1. The first-order valence-electron chi connectivity index (χ1n) is 11.9. The van der Waals surface area contributed by atoms with Gasteiger partial charge in [-0.2, -0.15) is 18.3 Å². The zero-order valence-corrected chi connectivity index (χ0v) is 18.6. The van der Waals surface area contributed by atoms with Gasteiger partial charge in [0.25, 0.3) is 0 Å². The lowest BCUT2D eigenvalue weighted by Gasteiger charge is -2.63. The van der Waals surface area contributed by atoms with Crippen molar-refractivity contribution in [3.63, 3.8) is 0 Å². The van der Waals surface area contributed by atoms with Crippen LogP contribution in [-0.2, 0) is 12.7 Å². The molecule has 5 aliphatic rings. The van der Waals surface area contributed by atoms with E-state index in [1.165, 1.54) is 12.8 Å². The van der Waals surface area contributed by atoms with Crippen LogP contribution in [0, 0.1) is 10.8 Å². The Morgan fingerprint density at radius 3 is 2.38 bits per heavy atom. The molecule has 5 fully saturated rings. The minimum Gasteiger partial charge on any atom is -0.364 e. The Morgan fingerprint density at radius 2 is 1.74 bits per heavy atom. The average Bonchev–Trinajstić information content (AvgIpc) is 3.19. The van der Waals surface area contributed by atoms with Gasteiger partial charge in [0.15, 0.2) is 11.5 Å². The van der Waals surface area contributed by atoms with E-state index in [1.54, 1.807) is 0 Å². The largest absolute Gasteiger partial charge is 0.437 e. The topological polar surface area (TPSA) is 94.4 Å². The van der Waals surface area contributed by atoms with E-state index in [0.717, 1.165) is 43.8 Å². The molecule has 0 bridgehead atoms. The predicted octanol–water partition coefficient (Wildman–Crippen LogP) is 2.81. The molecule has 34 heavy (non-hydrogen) atoms. The highest BCUT2D eigenvalue weighted by Crippen LogP contribution is 2.56. The summed E-state index contributed by atoms with van der Waals surface area (Å²) in [6.45, 7) is 4.47. The Hall–Kier alpha value is -2.63. The standard InChI is InChI=1S/C22H26F3N7O2/c23-22(24,25)16-15(6-34-29-16)5-30-7-21(8-30)11-32(12-21)19(33)31-9-20(10-31)3-14(4-20)18-26-17(27-28-18)13-1-2-13/h6,13-14H,1-5,7-12H2,(H,26,27,28). The molecule has 2 aromatic heterocycles. The molecule has 7 rings (SSSR count). The summed E-state index contributed by atoms with van der Waals surface area (Å²) < 4.78 is 43.4. The SMILES string of the molecule is O=C(N1CC2(CC(c3n[nH]c(C4CC4)n3)C2)C1)N1CC2(CN(Cc3conc3C(F)(F)F)C2)C1. The predicted molar refractivity (Wildman–Crippen MR) is 111 cm³/mol. The number of hydrogen-bond donors (Lipinski definition) is 1. The third kappa shape index (κ3) is 3.24. The molecular formula is C22H26F3N7O2. The maximum absolute atomic E-state index is 13.0. The van der Waals surface area contributed by atoms with Crippen LogP contribution >= 0.6 is 0 Å². The van der Waals surface area contributed by atoms with Crippen molar-refractivity contribution in [2.24, 2.45) is 10.8 Å². The van der Waals surface area contributed by atoms with Gasteiger partial charge in [0.1, 0.15) is 12.1 Å². The molecule has 2 amide bonds. The molecule has 3 aliphatic heterocycles. The lowest BCUT2D eigenvalue weighted by atomic mass is 9.57. The van der Waals surface area contributed by atoms with Gasteiger partial charge in [-0.3, -0.25) is 10.00 Å². The molecule has 2 aromatic rings. The lowest BCUT2D eigenvalue weighted by molar-refractivity contribution is -0.144. The van der Waals surface area contributed by atoms with Crippen molar-refractivity contribution in [3.05, 3.63) is 29.2 Å². The van der Waals surface area contributed by atoms with Crippen molar-refractivity contribution >= 4 is 6.03 Å². The molecule has 0 radical (unpaired) electrons. The van der Waals surface area contributed by atoms with Gasteiger partial charge < -0.3 is 14.3 Å². The molecule has 0 aromatic carbocycles. The molecule has 2 saturated carbocycles. The zero-order chi connectivity index (χ0) is 23.3. The van der Waals surface area contributed by atoms with Crippen molar-refractivity contribution in [2.75, 3.05) is 39.3 Å². The molecule has 5 heterocycles. The van der Waals surface area contributed by atoms with E-state index >= 15 is 0 Å². The van der Waals surface area contributed by atoms with Crippen molar-refractivity contribution < 1.29 is 22.5 Å². The molecule has 2 spiro atoms.